The summed E-state index contributed by atoms with van der Waals surface area (Å²) in [6.07, 6.45) is 0.371. The van der Waals surface area contributed by atoms with Crippen LogP contribution in [0, 0.1) is 11.3 Å². The summed E-state index contributed by atoms with van der Waals surface area (Å²) < 4.78 is 12.6. The van der Waals surface area contributed by atoms with Crippen LogP contribution in [0.4, 0.5) is 4.11 Å². The Morgan fingerprint density at radius 3 is 2.25 bits per heavy atom. The number of hydrogen-bond donors (Lipinski definition) is 0. The predicted molar refractivity (Wildman–Crippen MR) is 33.6 cm³/mol. The molecule has 8 heavy (non-hydrogen) atoms. The van der Waals surface area contributed by atoms with Gasteiger partial charge in [0.05, 0.1) is 6.07 Å². The van der Waals surface area contributed by atoms with E-state index in [1.54, 1.807) is 13.1 Å². The van der Waals surface area contributed by atoms with Gasteiger partial charge in [0.1, 0.15) is 0 Å². The summed E-state index contributed by atoms with van der Waals surface area (Å²) >= 11 is 0. The zero-order valence-corrected chi connectivity index (χ0v) is 6.24. The Balaban J connectivity index is 3.28. The van der Waals surface area contributed by atoms with Gasteiger partial charge in [-0.2, -0.15) is 5.26 Å². The molecule has 0 heterocycles. The van der Waals surface area contributed by atoms with E-state index in [-0.39, 0.29) is 0 Å². The van der Waals surface area contributed by atoms with Crippen LogP contribution in [0.5, 0.6) is 0 Å². The molecule has 0 aliphatic rings. The minimum atomic E-state index is -2.40. The van der Waals surface area contributed by atoms with E-state index in [4.69, 9.17) is 5.26 Å². The van der Waals surface area contributed by atoms with E-state index in [0.29, 0.717) is 12.5 Å². The van der Waals surface area contributed by atoms with Crippen molar-refractivity contribution in [1.29, 1.82) is 5.26 Å². The molecule has 1 nitrogen and oxygen atoms in total. The first-order chi connectivity index (χ1) is 3.56. The normalized spacial score (nSPS) is 10.8. The summed E-state index contributed by atoms with van der Waals surface area (Å²) in [5, 5.41) is 8.04. The third kappa shape index (κ3) is 5.64. The average Bonchev–Trinajstić information content (AvgIpc) is 1.59. The smallest absolute Gasteiger partial charge is 0.241 e. The van der Waals surface area contributed by atoms with Crippen molar-refractivity contribution in [1.82, 2.24) is 0 Å². The highest BCUT2D eigenvalue weighted by molar-refractivity contribution is 6.70. The van der Waals surface area contributed by atoms with Gasteiger partial charge >= 0.3 is 0 Å². The molecule has 0 aromatic heterocycles. The van der Waals surface area contributed by atoms with Crippen LogP contribution in [0.3, 0.4) is 0 Å². The van der Waals surface area contributed by atoms with Crippen molar-refractivity contribution < 1.29 is 4.11 Å². The Morgan fingerprint density at radius 2 is 2.12 bits per heavy atom. The molecule has 46 valence electrons. The van der Waals surface area contributed by atoms with Crippen molar-refractivity contribution in [2.75, 3.05) is 0 Å². The first kappa shape index (κ1) is 7.64. The SMILES string of the molecule is C[Si](C)(F)CCC#N. The third-order valence-electron chi connectivity index (χ3n) is 0.831. The standard InChI is InChI=1S/C5H10FNSi/c1-8(2,6)5-3-4-7/h3,5H2,1-2H3. The Bertz CT molecular complexity index is 100.0. The zero-order chi connectivity index (χ0) is 6.62. The Kier molecular flexibility index (Phi) is 2.70. The maximum absolute atomic E-state index is 12.6. The van der Waals surface area contributed by atoms with Gasteiger partial charge in [-0.25, -0.2) is 0 Å². The van der Waals surface area contributed by atoms with Gasteiger partial charge in [0, 0.05) is 6.42 Å². The lowest BCUT2D eigenvalue weighted by molar-refractivity contribution is 0.783. The zero-order valence-electron chi connectivity index (χ0n) is 5.24. The lowest BCUT2D eigenvalue weighted by atomic mass is 10.6. The minimum Gasteiger partial charge on any atom is -0.314 e. The van der Waals surface area contributed by atoms with Gasteiger partial charge in [-0.15, -0.1) is 0 Å². The molecule has 0 spiro atoms. The highest BCUT2D eigenvalue weighted by atomic mass is 28.4. The van der Waals surface area contributed by atoms with Gasteiger partial charge in [-0.05, 0) is 19.1 Å². The Morgan fingerprint density at radius 1 is 1.62 bits per heavy atom. The van der Waals surface area contributed by atoms with E-state index in [2.05, 4.69) is 0 Å². The fraction of sp³-hybridized carbons (Fsp3) is 0.800. The predicted octanol–water partition coefficient (Wildman–Crippen LogP) is 2.07. The number of hydrogen-bond acceptors (Lipinski definition) is 1. The topological polar surface area (TPSA) is 23.8 Å². The van der Waals surface area contributed by atoms with Gasteiger partial charge in [-0.1, -0.05) is 0 Å². The average molecular weight is 131 g/mol. The van der Waals surface area contributed by atoms with E-state index >= 15 is 0 Å². The molecule has 0 rings (SSSR count). The second-order valence-corrected chi connectivity index (χ2v) is 6.31. The second-order valence-electron chi connectivity index (χ2n) is 2.38. The lowest BCUT2D eigenvalue weighted by Gasteiger charge is -2.05. The first-order valence-corrected chi connectivity index (χ1v) is 5.70. The molecular weight excluding hydrogens is 121 g/mol. The van der Waals surface area contributed by atoms with Crippen molar-refractivity contribution >= 4 is 8.41 Å². The molecule has 0 bridgehead atoms. The molecule has 0 amide bonds. The maximum Gasteiger partial charge on any atom is 0.241 e. The summed E-state index contributed by atoms with van der Waals surface area (Å²) in [5.41, 5.74) is 0. The largest absolute Gasteiger partial charge is 0.314 e. The number of rotatable bonds is 2. The van der Waals surface area contributed by atoms with Gasteiger partial charge < -0.3 is 4.11 Å². The molecule has 0 fully saturated rings. The lowest BCUT2D eigenvalue weighted by Crippen LogP contribution is -2.16. The van der Waals surface area contributed by atoms with Crippen LogP contribution in [0.2, 0.25) is 19.1 Å². The molecule has 0 N–H and O–H groups in total. The van der Waals surface area contributed by atoms with Crippen molar-refractivity contribution in [2.24, 2.45) is 0 Å². The van der Waals surface area contributed by atoms with Crippen LogP contribution in [0.15, 0.2) is 0 Å². The van der Waals surface area contributed by atoms with Crippen LogP contribution in [0.1, 0.15) is 6.42 Å². The Hall–Kier alpha value is -0.363. The molecule has 0 unspecified atom stereocenters. The Labute approximate surface area is 50.3 Å². The van der Waals surface area contributed by atoms with Gasteiger partial charge in [0.25, 0.3) is 0 Å². The van der Waals surface area contributed by atoms with Crippen LogP contribution < -0.4 is 0 Å². The molecular formula is C5H10FNSi. The quantitative estimate of drug-likeness (QED) is 0.416. The van der Waals surface area contributed by atoms with E-state index in [1.807, 2.05) is 6.07 Å². The molecule has 0 radical (unpaired) electrons. The number of nitriles is 1. The molecule has 0 aromatic carbocycles. The van der Waals surface area contributed by atoms with E-state index in [9.17, 15) is 4.11 Å². The summed E-state index contributed by atoms with van der Waals surface area (Å²) in [6, 6.07) is 2.39. The molecule has 0 aliphatic carbocycles. The van der Waals surface area contributed by atoms with Crippen molar-refractivity contribution in [2.45, 2.75) is 25.6 Å². The highest BCUT2D eigenvalue weighted by Crippen LogP contribution is 2.11. The van der Waals surface area contributed by atoms with Gasteiger partial charge in [0.2, 0.25) is 8.41 Å². The second kappa shape index (κ2) is 2.83. The maximum atomic E-state index is 12.6. The molecule has 0 atom stereocenters. The summed E-state index contributed by atoms with van der Waals surface area (Å²) in [4.78, 5) is 0. The van der Waals surface area contributed by atoms with Crippen LogP contribution in [0.25, 0.3) is 0 Å². The van der Waals surface area contributed by atoms with Crippen LogP contribution in [-0.4, -0.2) is 8.41 Å². The summed E-state index contributed by atoms with van der Waals surface area (Å²) in [7, 11) is -2.40. The van der Waals surface area contributed by atoms with Crippen molar-refractivity contribution in [3.05, 3.63) is 0 Å². The van der Waals surface area contributed by atoms with Crippen LogP contribution in [-0.2, 0) is 0 Å². The van der Waals surface area contributed by atoms with E-state index in [0.717, 1.165) is 0 Å². The molecule has 0 saturated carbocycles. The van der Waals surface area contributed by atoms with E-state index < -0.39 is 8.41 Å². The first-order valence-electron chi connectivity index (χ1n) is 2.62. The highest BCUT2D eigenvalue weighted by Gasteiger charge is 2.18. The van der Waals surface area contributed by atoms with Crippen LogP contribution >= 0.6 is 0 Å². The monoisotopic (exact) mass is 131 g/mol. The molecule has 0 aromatic rings. The van der Waals surface area contributed by atoms with E-state index in [1.165, 1.54) is 0 Å². The molecule has 3 heteroatoms. The van der Waals surface area contributed by atoms with Crippen molar-refractivity contribution in [3.8, 4) is 6.07 Å². The molecule has 0 saturated heterocycles. The minimum absolute atomic E-state index is 0.371. The van der Waals surface area contributed by atoms with Crippen molar-refractivity contribution in [3.63, 3.8) is 0 Å². The number of halogens is 1. The third-order valence-corrected chi connectivity index (χ3v) is 2.27. The fourth-order valence-electron chi connectivity index (χ4n) is 0.353. The molecule has 0 aliphatic heterocycles. The van der Waals surface area contributed by atoms with Gasteiger partial charge in [-0.3, -0.25) is 0 Å². The number of nitrogens with zero attached hydrogens (tertiary/aromatic N) is 1. The van der Waals surface area contributed by atoms with Gasteiger partial charge in [0.15, 0.2) is 0 Å². The fourth-order valence-corrected chi connectivity index (χ4v) is 1.06. The summed E-state index contributed by atoms with van der Waals surface area (Å²) in [6.45, 7) is 3.23. The summed E-state index contributed by atoms with van der Waals surface area (Å²) in [5.74, 6) is 0.